The standard InChI is InChI=1S/C16H27NO/c1-4-14-10-7-8-12-16(14)18-13-9-11-15(5-2)17-6-3/h7-8,10,12,15,17H,4-6,9,11,13H2,1-3H3. The molecular weight excluding hydrogens is 222 g/mol. The van der Waals surface area contributed by atoms with Crippen molar-refractivity contribution in [3.05, 3.63) is 29.8 Å². The Morgan fingerprint density at radius 2 is 1.94 bits per heavy atom. The fraction of sp³-hybridized carbons (Fsp3) is 0.625. The lowest BCUT2D eigenvalue weighted by atomic mass is 10.1. The molecule has 1 aromatic carbocycles. The lowest BCUT2D eigenvalue weighted by Crippen LogP contribution is -2.28. The molecule has 2 heteroatoms. The van der Waals surface area contributed by atoms with Gasteiger partial charge in [0, 0.05) is 6.04 Å². The summed E-state index contributed by atoms with van der Waals surface area (Å²) in [6, 6.07) is 8.97. The minimum absolute atomic E-state index is 0.639. The molecule has 1 N–H and O–H groups in total. The number of hydrogen-bond acceptors (Lipinski definition) is 2. The van der Waals surface area contributed by atoms with Gasteiger partial charge in [-0.05, 0) is 43.9 Å². The van der Waals surface area contributed by atoms with Crippen molar-refractivity contribution in [3.8, 4) is 5.75 Å². The zero-order chi connectivity index (χ0) is 13.2. The van der Waals surface area contributed by atoms with Crippen molar-refractivity contribution >= 4 is 0 Å². The van der Waals surface area contributed by atoms with Crippen LogP contribution in [0.15, 0.2) is 24.3 Å². The minimum Gasteiger partial charge on any atom is -0.493 e. The first-order chi connectivity index (χ1) is 8.81. The topological polar surface area (TPSA) is 21.3 Å². The van der Waals surface area contributed by atoms with E-state index in [4.69, 9.17) is 4.74 Å². The van der Waals surface area contributed by atoms with E-state index in [2.05, 4.69) is 44.3 Å². The van der Waals surface area contributed by atoms with Crippen LogP contribution in [0.3, 0.4) is 0 Å². The molecule has 0 radical (unpaired) electrons. The van der Waals surface area contributed by atoms with E-state index in [0.717, 1.165) is 31.7 Å². The third-order valence-corrected chi connectivity index (χ3v) is 3.29. The van der Waals surface area contributed by atoms with Gasteiger partial charge in [-0.15, -0.1) is 0 Å². The highest BCUT2D eigenvalue weighted by atomic mass is 16.5. The Hall–Kier alpha value is -1.02. The van der Waals surface area contributed by atoms with Crippen molar-refractivity contribution < 1.29 is 4.74 Å². The molecular formula is C16H27NO. The highest BCUT2D eigenvalue weighted by molar-refractivity contribution is 5.33. The Kier molecular flexibility index (Phi) is 7.51. The number of rotatable bonds is 9. The second-order valence-corrected chi connectivity index (χ2v) is 4.61. The molecule has 0 aliphatic rings. The summed E-state index contributed by atoms with van der Waals surface area (Å²) in [5, 5.41) is 3.50. The van der Waals surface area contributed by atoms with Crippen LogP contribution in [0.5, 0.6) is 5.75 Å². The summed E-state index contributed by atoms with van der Waals surface area (Å²) in [6.45, 7) is 8.44. The second-order valence-electron chi connectivity index (χ2n) is 4.61. The van der Waals surface area contributed by atoms with Crippen LogP contribution < -0.4 is 10.1 Å². The molecule has 1 rings (SSSR count). The predicted octanol–water partition coefficient (Wildman–Crippen LogP) is 3.80. The lowest BCUT2D eigenvalue weighted by molar-refractivity contribution is 0.292. The van der Waals surface area contributed by atoms with Crippen LogP contribution in [-0.4, -0.2) is 19.2 Å². The Morgan fingerprint density at radius 1 is 1.17 bits per heavy atom. The molecule has 0 amide bonds. The summed E-state index contributed by atoms with van der Waals surface area (Å²) in [6.07, 6.45) is 4.53. The van der Waals surface area contributed by atoms with Gasteiger partial charge >= 0.3 is 0 Å². The molecule has 0 bridgehead atoms. The number of nitrogens with one attached hydrogen (secondary N) is 1. The van der Waals surface area contributed by atoms with E-state index in [1.165, 1.54) is 18.4 Å². The fourth-order valence-corrected chi connectivity index (χ4v) is 2.19. The van der Waals surface area contributed by atoms with Crippen molar-refractivity contribution in [2.24, 2.45) is 0 Å². The molecule has 0 aliphatic carbocycles. The Bertz CT molecular complexity index is 325. The SMILES string of the molecule is CCNC(CC)CCCOc1ccccc1CC. The molecule has 102 valence electrons. The average molecular weight is 249 g/mol. The lowest BCUT2D eigenvalue weighted by Gasteiger charge is -2.16. The van der Waals surface area contributed by atoms with Gasteiger partial charge in [-0.3, -0.25) is 0 Å². The molecule has 1 unspecified atom stereocenters. The minimum atomic E-state index is 0.639. The zero-order valence-electron chi connectivity index (χ0n) is 12.0. The van der Waals surface area contributed by atoms with Gasteiger partial charge in [0.25, 0.3) is 0 Å². The maximum atomic E-state index is 5.87. The normalized spacial score (nSPS) is 12.4. The molecule has 0 aromatic heterocycles. The largest absolute Gasteiger partial charge is 0.493 e. The van der Waals surface area contributed by atoms with Gasteiger partial charge in [-0.1, -0.05) is 39.0 Å². The molecule has 2 nitrogen and oxygen atoms in total. The predicted molar refractivity (Wildman–Crippen MR) is 78.3 cm³/mol. The highest BCUT2D eigenvalue weighted by Gasteiger charge is 2.04. The van der Waals surface area contributed by atoms with E-state index in [0.29, 0.717) is 6.04 Å². The van der Waals surface area contributed by atoms with Crippen LogP contribution in [0.25, 0.3) is 0 Å². The van der Waals surface area contributed by atoms with E-state index in [1.54, 1.807) is 0 Å². The van der Waals surface area contributed by atoms with Crippen LogP contribution in [0, 0.1) is 0 Å². The number of benzene rings is 1. The summed E-state index contributed by atoms with van der Waals surface area (Å²) in [7, 11) is 0. The first-order valence-corrected chi connectivity index (χ1v) is 7.25. The van der Waals surface area contributed by atoms with E-state index in [1.807, 2.05) is 6.07 Å². The molecule has 0 saturated carbocycles. The van der Waals surface area contributed by atoms with E-state index < -0.39 is 0 Å². The summed E-state index contributed by atoms with van der Waals surface area (Å²) in [4.78, 5) is 0. The smallest absolute Gasteiger partial charge is 0.122 e. The van der Waals surface area contributed by atoms with Crippen LogP contribution >= 0.6 is 0 Å². The van der Waals surface area contributed by atoms with Gasteiger partial charge in [0.05, 0.1) is 6.61 Å². The van der Waals surface area contributed by atoms with Crippen LogP contribution in [-0.2, 0) is 6.42 Å². The fourth-order valence-electron chi connectivity index (χ4n) is 2.19. The summed E-state index contributed by atoms with van der Waals surface area (Å²) in [5.74, 6) is 1.05. The van der Waals surface area contributed by atoms with Crippen molar-refractivity contribution in [2.45, 2.75) is 52.5 Å². The first-order valence-electron chi connectivity index (χ1n) is 7.25. The van der Waals surface area contributed by atoms with Gasteiger partial charge in [0.15, 0.2) is 0 Å². The van der Waals surface area contributed by atoms with Gasteiger partial charge in [0.1, 0.15) is 5.75 Å². The molecule has 0 spiro atoms. The van der Waals surface area contributed by atoms with E-state index >= 15 is 0 Å². The third kappa shape index (κ3) is 5.09. The van der Waals surface area contributed by atoms with Crippen LogP contribution in [0.2, 0.25) is 0 Å². The van der Waals surface area contributed by atoms with Gasteiger partial charge in [0.2, 0.25) is 0 Å². The van der Waals surface area contributed by atoms with Crippen molar-refractivity contribution in [2.75, 3.05) is 13.2 Å². The molecule has 1 atom stereocenters. The maximum Gasteiger partial charge on any atom is 0.122 e. The van der Waals surface area contributed by atoms with E-state index in [9.17, 15) is 0 Å². The van der Waals surface area contributed by atoms with Crippen molar-refractivity contribution in [1.29, 1.82) is 0 Å². The molecule has 18 heavy (non-hydrogen) atoms. The number of aryl methyl sites for hydroxylation is 1. The molecule has 0 heterocycles. The third-order valence-electron chi connectivity index (χ3n) is 3.29. The Labute approximate surface area is 112 Å². The highest BCUT2D eigenvalue weighted by Crippen LogP contribution is 2.18. The number of ether oxygens (including phenoxy) is 1. The zero-order valence-corrected chi connectivity index (χ0v) is 12.0. The van der Waals surface area contributed by atoms with Crippen molar-refractivity contribution in [1.82, 2.24) is 5.32 Å². The van der Waals surface area contributed by atoms with Gasteiger partial charge in [-0.25, -0.2) is 0 Å². The summed E-state index contributed by atoms with van der Waals surface area (Å²) < 4.78 is 5.87. The summed E-state index contributed by atoms with van der Waals surface area (Å²) >= 11 is 0. The quantitative estimate of drug-likeness (QED) is 0.672. The Morgan fingerprint density at radius 3 is 2.61 bits per heavy atom. The maximum absolute atomic E-state index is 5.87. The van der Waals surface area contributed by atoms with Crippen LogP contribution in [0.4, 0.5) is 0 Å². The molecule has 0 saturated heterocycles. The number of hydrogen-bond donors (Lipinski definition) is 1. The van der Waals surface area contributed by atoms with Crippen molar-refractivity contribution in [3.63, 3.8) is 0 Å². The average Bonchev–Trinajstić information content (AvgIpc) is 2.42. The van der Waals surface area contributed by atoms with E-state index in [-0.39, 0.29) is 0 Å². The van der Waals surface area contributed by atoms with Gasteiger partial charge < -0.3 is 10.1 Å². The first kappa shape index (κ1) is 15.0. The summed E-state index contributed by atoms with van der Waals surface area (Å²) in [5.41, 5.74) is 1.30. The molecule has 1 aromatic rings. The van der Waals surface area contributed by atoms with Crippen LogP contribution in [0.1, 0.15) is 45.6 Å². The van der Waals surface area contributed by atoms with Gasteiger partial charge in [-0.2, -0.15) is 0 Å². The molecule has 0 fully saturated rings. The monoisotopic (exact) mass is 249 g/mol. The Balaban J connectivity index is 2.28. The molecule has 0 aliphatic heterocycles. The second kappa shape index (κ2) is 8.98. The number of para-hydroxylation sites is 1.